The molecule has 0 spiro atoms. The topological polar surface area (TPSA) is 21.3 Å². The summed E-state index contributed by atoms with van der Waals surface area (Å²) < 4.78 is 5.79. The van der Waals surface area contributed by atoms with Gasteiger partial charge in [-0.15, -0.1) is 0 Å². The summed E-state index contributed by atoms with van der Waals surface area (Å²) in [6.45, 7) is 7.72. The molecule has 0 heterocycles. The zero-order chi connectivity index (χ0) is 15.2. The van der Waals surface area contributed by atoms with Gasteiger partial charge in [0.15, 0.2) is 0 Å². The molecule has 2 rings (SSSR count). The maximum atomic E-state index is 6.11. The first kappa shape index (κ1) is 15.7. The summed E-state index contributed by atoms with van der Waals surface area (Å²) in [5.41, 5.74) is 4.71. The first-order chi connectivity index (χ1) is 10.1. The highest BCUT2D eigenvalue weighted by atomic mass is 35.5. The third-order valence-corrected chi connectivity index (χ3v) is 3.58. The van der Waals surface area contributed by atoms with E-state index in [2.05, 4.69) is 44.3 Å². The van der Waals surface area contributed by atoms with Gasteiger partial charge in [-0.1, -0.05) is 30.7 Å². The number of ether oxygens (including phenoxy) is 1. The van der Waals surface area contributed by atoms with Gasteiger partial charge in [-0.25, -0.2) is 0 Å². The summed E-state index contributed by atoms with van der Waals surface area (Å²) in [6.07, 6.45) is 0.993. The fourth-order valence-corrected chi connectivity index (χ4v) is 2.35. The number of anilines is 1. The van der Waals surface area contributed by atoms with Crippen molar-refractivity contribution in [1.82, 2.24) is 0 Å². The Morgan fingerprint density at radius 3 is 2.67 bits per heavy atom. The number of hydrogen-bond donors (Lipinski definition) is 1. The highest BCUT2D eigenvalue weighted by Gasteiger charge is 2.06. The fraction of sp³-hybridized carbons (Fsp3) is 0.333. The number of hydrogen-bond acceptors (Lipinski definition) is 2. The summed E-state index contributed by atoms with van der Waals surface area (Å²) >= 11 is 6.11. The average Bonchev–Trinajstić information content (AvgIpc) is 2.47. The lowest BCUT2D eigenvalue weighted by Gasteiger charge is -2.14. The maximum Gasteiger partial charge on any atom is 0.124 e. The van der Waals surface area contributed by atoms with Crippen molar-refractivity contribution in [2.45, 2.75) is 33.7 Å². The summed E-state index contributed by atoms with van der Waals surface area (Å²) in [5.74, 6) is 0.902. The first-order valence-electron chi connectivity index (χ1n) is 7.32. The Labute approximate surface area is 132 Å². The van der Waals surface area contributed by atoms with Gasteiger partial charge in [0.1, 0.15) is 5.75 Å². The minimum absolute atomic E-state index is 0.698. The predicted octanol–water partition coefficient (Wildman–Crippen LogP) is 5.36. The molecular formula is C18H22ClNO. The lowest BCUT2D eigenvalue weighted by Crippen LogP contribution is -2.05. The van der Waals surface area contributed by atoms with Crippen LogP contribution in [0.15, 0.2) is 36.4 Å². The monoisotopic (exact) mass is 303 g/mol. The van der Waals surface area contributed by atoms with Crippen molar-refractivity contribution >= 4 is 17.3 Å². The quantitative estimate of drug-likeness (QED) is 0.776. The maximum absolute atomic E-state index is 6.11. The number of rotatable bonds is 6. The van der Waals surface area contributed by atoms with Gasteiger partial charge in [-0.05, 0) is 55.7 Å². The average molecular weight is 304 g/mol. The van der Waals surface area contributed by atoms with E-state index in [0.717, 1.165) is 35.1 Å². The highest BCUT2D eigenvalue weighted by molar-refractivity contribution is 6.30. The van der Waals surface area contributed by atoms with E-state index in [4.69, 9.17) is 16.3 Å². The molecule has 0 aliphatic carbocycles. The summed E-state index contributed by atoms with van der Waals surface area (Å²) in [5, 5.41) is 4.21. The van der Waals surface area contributed by atoms with Crippen LogP contribution in [0.5, 0.6) is 5.75 Å². The molecule has 0 saturated heterocycles. The van der Waals surface area contributed by atoms with Crippen molar-refractivity contribution in [3.05, 3.63) is 58.1 Å². The van der Waals surface area contributed by atoms with E-state index in [-0.39, 0.29) is 0 Å². The van der Waals surface area contributed by atoms with Crippen molar-refractivity contribution in [3.8, 4) is 5.75 Å². The van der Waals surface area contributed by atoms with E-state index < -0.39 is 0 Å². The molecule has 2 aromatic carbocycles. The van der Waals surface area contributed by atoms with Crippen LogP contribution in [0.1, 0.15) is 30.0 Å². The molecule has 21 heavy (non-hydrogen) atoms. The molecule has 112 valence electrons. The Bertz CT molecular complexity index is 610. The van der Waals surface area contributed by atoms with Gasteiger partial charge in [-0.2, -0.15) is 0 Å². The normalized spacial score (nSPS) is 10.5. The van der Waals surface area contributed by atoms with Crippen molar-refractivity contribution in [1.29, 1.82) is 0 Å². The molecule has 3 heteroatoms. The van der Waals surface area contributed by atoms with E-state index in [0.29, 0.717) is 6.54 Å². The standard InChI is InChI=1S/C18H22ClNO/c1-4-9-21-18-8-7-16(19)11-15(18)12-20-17-10-13(2)5-6-14(17)3/h5-8,10-11,20H,4,9,12H2,1-3H3. The second-order valence-corrected chi connectivity index (χ2v) is 5.71. The number of nitrogens with one attached hydrogen (secondary N) is 1. The Kier molecular flexibility index (Phi) is 5.51. The predicted molar refractivity (Wildman–Crippen MR) is 90.5 cm³/mol. The van der Waals surface area contributed by atoms with Crippen LogP contribution in [0.25, 0.3) is 0 Å². The smallest absolute Gasteiger partial charge is 0.124 e. The molecule has 0 bridgehead atoms. The van der Waals surface area contributed by atoms with E-state index in [1.807, 2.05) is 18.2 Å². The number of aryl methyl sites for hydroxylation is 2. The minimum Gasteiger partial charge on any atom is -0.493 e. The van der Waals surface area contributed by atoms with E-state index in [1.165, 1.54) is 11.1 Å². The lowest BCUT2D eigenvalue weighted by molar-refractivity contribution is 0.314. The minimum atomic E-state index is 0.698. The summed E-state index contributed by atoms with van der Waals surface area (Å²) in [6, 6.07) is 12.2. The van der Waals surface area contributed by atoms with Crippen LogP contribution in [0, 0.1) is 13.8 Å². The molecule has 0 aliphatic rings. The molecule has 1 N–H and O–H groups in total. The Morgan fingerprint density at radius 2 is 1.90 bits per heavy atom. The van der Waals surface area contributed by atoms with Crippen molar-refractivity contribution in [2.75, 3.05) is 11.9 Å². The molecular weight excluding hydrogens is 282 g/mol. The van der Waals surface area contributed by atoms with Crippen LogP contribution < -0.4 is 10.1 Å². The van der Waals surface area contributed by atoms with Gasteiger partial charge >= 0.3 is 0 Å². The molecule has 0 saturated carbocycles. The van der Waals surface area contributed by atoms with Crippen LogP contribution in [-0.4, -0.2) is 6.61 Å². The fourth-order valence-electron chi connectivity index (χ4n) is 2.16. The van der Waals surface area contributed by atoms with Crippen molar-refractivity contribution in [2.24, 2.45) is 0 Å². The van der Waals surface area contributed by atoms with Gasteiger partial charge in [-0.3, -0.25) is 0 Å². The zero-order valence-corrected chi connectivity index (χ0v) is 13.6. The summed E-state index contributed by atoms with van der Waals surface area (Å²) in [4.78, 5) is 0. The molecule has 0 amide bonds. The molecule has 0 unspecified atom stereocenters. The number of benzene rings is 2. The van der Waals surface area contributed by atoms with Gasteiger partial charge < -0.3 is 10.1 Å². The second kappa shape index (κ2) is 7.37. The molecule has 0 fully saturated rings. The van der Waals surface area contributed by atoms with Crippen molar-refractivity contribution in [3.63, 3.8) is 0 Å². The molecule has 0 aliphatic heterocycles. The van der Waals surface area contributed by atoms with Crippen molar-refractivity contribution < 1.29 is 4.74 Å². The zero-order valence-electron chi connectivity index (χ0n) is 12.9. The second-order valence-electron chi connectivity index (χ2n) is 5.27. The van der Waals surface area contributed by atoms with Gasteiger partial charge in [0.2, 0.25) is 0 Å². The molecule has 0 atom stereocenters. The van der Waals surface area contributed by atoms with E-state index >= 15 is 0 Å². The summed E-state index contributed by atoms with van der Waals surface area (Å²) in [7, 11) is 0. The first-order valence-corrected chi connectivity index (χ1v) is 7.70. The van der Waals surface area contributed by atoms with Crippen LogP contribution in [0.4, 0.5) is 5.69 Å². The SMILES string of the molecule is CCCOc1ccc(Cl)cc1CNc1cc(C)ccc1C. The Hall–Kier alpha value is -1.67. The Morgan fingerprint density at radius 1 is 1.10 bits per heavy atom. The molecule has 0 aromatic heterocycles. The molecule has 2 aromatic rings. The lowest BCUT2D eigenvalue weighted by atomic mass is 10.1. The van der Waals surface area contributed by atoms with Gasteiger partial charge in [0.05, 0.1) is 6.61 Å². The molecule has 0 radical (unpaired) electrons. The van der Waals surface area contributed by atoms with Crippen LogP contribution in [0.3, 0.4) is 0 Å². The van der Waals surface area contributed by atoms with E-state index in [9.17, 15) is 0 Å². The van der Waals surface area contributed by atoms with Gasteiger partial charge in [0, 0.05) is 22.8 Å². The van der Waals surface area contributed by atoms with Gasteiger partial charge in [0.25, 0.3) is 0 Å². The third-order valence-electron chi connectivity index (χ3n) is 3.35. The third kappa shape index (κ3) is 4.40. The van der Waals surface area contributed by atoms with Crippen LogP contribution >= 0.6 is 11.6 Å². The van der Waals surface area contributed by atoms with Crippen LogP contribution in [0.2, 0.25) is 5.02 Å². The van der Waals surface area contributed by atoms with E-state index in [1.54, 1.807) is 0 Å². The number of halogens is 1. The highest BCUT2D eigenvalue weighted by Crippen LogP contribution is 2.25. The van der Waals surface area contributed by atoms with Crippen LogP contribution in [-0.2, 0) is 6.54 Å². The molecule has 2 nitrogen and oxygen atoms in total. The Balaban J connectivity index is 2.14. The largest absolute Gasteiger partial charge is 0.493 e.